The van der Waals surface area contributed by atoms with E-state index >= 15 is 0 Å². The van der Waals surface area contributed by atoms with E-state index in [0.29, 0.717) is 28.5 Å². The maximum atomic E-state index is 13.0. The second-order valence-electron chi connectivity index (χ2n) is 8.42. The van der Waals surface area contributed by atoms with Crippen LogP contribution in [-0.4, -0.2) is 29.0 Å². The standard InChI is InChI=1S/C24H29FN4O3/c1-15(26)21(14-22(30)32-24(3,4)5)16(2)27-19-7-6-8-20(13-19)29-23(31)28-18-11-9-17(25)10-12-18/h6-13,21,26H,14H2,1-5H3,(H2,28,29,31). The van der Waals surface area contributed by atoms with Crippen molar-refractivity contribution in [3.63, 3.8) is 0 Å². The molecule has 0 bridgehead atoms. The Labute approximate surface area is 187 Å². The lowest BCUT2D eigenvalue weighted by atomic mass is 9.95. The molecule has 0 fully saturated rings. The number of nitrogens with zero attached hydrogens (tertiary/aromatic N) is 1. The van der Waals surface area contributed by atoms with Crippen molar-refractivity contribution in [3.05, 3.63) is 54.3 Å². The van der Waals surface area contributed by atoms with Gasteiger partial charge < -0.3 is 20.8 Å². The van der Waals surface area contributed by atoms with Gasteiger partial charge >= 0.3 is 12.0 Å². The second kappa shape index (κ2) is 10.7. The summed E-state index contributed by atoms with van der Waals surface area (Å²) in [5, 5.41) is 13.4. The molecule has 2 aromatic carbocycles. The van der Waals surface area contributed by atoms with E-state index in [1.807, 2.05) is 0 Å². The molecule has 0 saturated carbocycles. The van der Waals surface area contributed by atoms with Gasteiger partial charge in [-0.2, -0.15) is 0 Å². The zero-order valence-electron chi connectivity index (χ0n) is 19.0. The molecule has 0 aliphatic carbocycles. The van der Waals surface area contributed by atoms with Crippen molar-refractivity contribution in [3.8, 4) is 0 Å². The van der Waals surface area contributed by atoms with E-state index in [0.717, 1.165) is 0 Å². The highest BCUT2D eigenvalue weighted by Gasteiger charge is 2.23. The number of halogens is 1. The summed E-state index contributed by atoms with van der Waals surface area (Å²) in [5.41, 5.74) is 1.84. The highest BCUT2D eigenvalue weighted by molar-refractivity contribution is 6.07. The van der Waals surface area contributed by atoms with Gasteiger partial charge in [-0.05, 0) is 77.1 Å². The summed E-state index contributed by atoms with van der Waals surface area (Å²) in [6.07, 6.45) is 0.0277. The number of amides is 2. The Kier molecular flexibility index (Phi) is 8.23. The quantitative estimate of drug-likeness (QED) is 0.366. The molecule has 1 unspecified atom stereocenters. The summed E-state index contributed by atoms with van der Waals surface area (Å²) in [5.74, 6) is -1.26. The van der Waals surface area contributed by atoms with Crippen LogP contribution in [-0.2, 0) is 9.53 Å². The summed E-state index contributed by atoms with van der Waals surface area (Å²) in [7, 11) is 0. The molecule has 2 aromatic rings. The van der Waals surface area contributed by atoms with E-state index in [1.165, 1.54) is 24.3 Å². The predicted octanol–water partition coefficient (Wildman–Crippen LogP) is 5.95. The predicted molar refractivity (Wildman–Crippen MR) is 126 cm³/mol. The number of anilines is 2. The monoisotopic (exact) mass is 440 g/mol. The van der Waals surface area contributed by atoms with Crippen molar-refractivity contribution >= 4 is 40.5 Å². The number of benzene rings is 2. The van der Waals surface area contributed by atoms with E-state index < -0.39 is 23.5 Å². The molecule has 3 N–H and O–H groups in total. The molecule has 0 aromatic heterocycles. The smallest absolute Gasteiger partial charge is 0.323 e. The maximum Gasteiger partial charge on any atom is 0.323 e. The Morgan fingerprint density at radius 2 is 1.69 bits per heavy atom. The number of hydrogen-bond acceptors (Lipinski definition) is 5. The summed E-state index contributed by atoms with van der Waals surface area (Å²) >= 11 is 0. The molecule has 8 heteroatoms. The lowest BCUT2D eigenvalue weighted by Crippen LogP contribution is -2.29. The van der Waals surface area contributed by atoms with Gasteiger partial charge in [0.05, 0.1) is 12.1 Å². The number of urea groups is 1. The number of esters is 1. The summed E-state index contributed by atoms with van der Waals surface area (Å²) < 4.78 is 18.4. The van der Waals surface area contributed by atoms with Gasteiger partial charge in [-0.3, -0.25) is 9.79 Å². The molecule has 2 amide bonds. The van der Waals surface area contributed by atoms with Crippen molar-refractivity contribution < 1.29 is 18.7 Å². The third-order valence-corrected chi connectivity index (χ3v) is 4.33. The Hall–Kier alpha value is -3.55. The average Bonchev–Trinajstić information content (AvgIpc) is 2.66. The van der Waals surface area contributed by atoms with E-state index in [4.69, 9.17) is 10.1 Å². The van der Waals surface area contributed by atoms with Gasteiger partial charge in [-0.25, -0.2) is 9.18 Å². The second-order valence-corrected chi connectivity index (χ2v) is 8.42. The highest BCUT2D eigenvalue weighted by atomic mass is 19.1. The normalized spacial score (nSPS) is 12.6. The minimum atomic E-state index is -0.600. The van der Waals surface area contributed by atoms with Gasteiger partial charge in [0.1, 0.15) is 11.4 Å². The zero-order valence-corrected chi connectivity index (χ0v) is 19.0. The van der Waals surface area contributed by atoms with Crippen molar-refractivity contribution in [1.29, 1.82) is 5.41 Å². The first-order chi connectivity index (χ1) is 14.9. The van der Waals surface area contributed by atoms with Gasteiger partial charge in [-0.15, -0.1) is 0 Å². The van der Waals surface area contributed by atoms with Crippen molar-refractivity contribution in [1.82, 2.24) is 0 Å². The third kappa shape index (κ3) is 8.29. The molecule has 0 aliphatic rings. The van der Waals surface area contributed by atoms with Crippen molar-refractivity contribution in [2.24, 2.45) is 10.9 Å². The van der Waals surface area contributed by atoms with Gasteiger partial charge in [0.15, 0.2) is 0 Å². The molecular weight excluding hydrogens is 411 g/mol. The first kappa shape index (κ1) is 24.7. The van der Waals surface area contributed by atoms with E-state index in [1.54, 1.807) is 58.9 Å². The maximum absolute atomic E-state index is 13.0. The fourth-order valence-electron chi connectivity index (χ4n) is 2.93. The largest absolute Gasteiger partial charge is 0.460 e. The van der Waals surface area contributed by atoms with Gasteiger partial charge in [0.2, 0.25) is 0 Å². The fourth-order valence-corrected chi connectivity index (χ4v) is 2.93. The average molecular weight is 441 g/mol. The number of rotatable bonds is 7. The molecule has 0 radical (unpaired) electrons. The van der Waals surface area contributed by atoms with Crippen LogP contribution in [0.3, 0.4) is 0 Å². The number of carbonyl (C=O) groups is 2. The Morgan fingerprint density at radius 1 is 1.06 bits per heavy atom. The minimum Gasteiger partial charge on any atom is -0.460 e. The molecule has 0 aliphatic heterocycles. The first-order valence-corrected chi connectivity index (χ1v) is 10.2. The van der Waals surface area contributed by atoms with E-state index in [-0.39, 0.29) is 12.2 Å². The lowest BCUT2D eigenvalue weighted by molar-refractivity contribution is -0.155. The first-order valence-electron chi connectivity index (χ1n) is 10.2. The molecule has 7 nitrogen and oxygen atoms in total. The molecule has 0 heterocycles. The number of nitrogens with one attached hydrogen (secondary N) is 3. The molecular formula is C24H29FN4O3. The van der Waals surface area contributed by atoms with Crippen LogP contribution in [0.1, 0.15) is 41.0 Å². The molecule has 32 heavy (non-hydrogen) atoms. The van der Waals surface area contributed by atoms with Crippen molar-refractivity contribution in [2.45, 2.75) is 46.6 Å². The fraction of sp³-hybridized carbons (Fsp3) is 0.333. The zero-order chi connectivity index (χ0) is 23.9. The van der Waals surface area contributed by atoms with Crippen LogP contribution >= 0.6 is 0 Å². The Bertz CT molecular complexity index is 1010. The van der Waals surface area contributed by atoms with Crippen LogP contribution in [0.4, 0.5) is 26.2 Å². The molecule has 0 spiro atoms. The number of hydrogen-bond donors (Lipinski definition) is 3. The lowest BCUT2D eigenvalue weighted by Gasteiger charge is -2.22. The topological polar surface area (TPSA) is 104 Å². The van der Waals surface area contributed by atoms with Crippen LogP contribution in [0.2, 0.25) is 0 Å². The van der Waals surface area contributed by atoms with Crippen LogP contribution in [0.25, 0.3) is 0 Å². The van der Waals surface area contributed by atoms with Crippen LogP contribution in [0.5, 0.6) is 0 Å². The number of carbonyl (C=O) groups excluding carboxylic acids is 2. The van der Waals surface area contributed by atoms with E-state index in [9.17, 15) is 14.0 Å². The Balaban J connectivity index is 2.09. The molecule has 170 valence electrons. The number of aliphatic imine (C=N–C) groups is 1. The van der Waals surface area contributed by atoms with Gasteiger partial charge in [-0.1, -0.05) is 6.07 Å². The summed E-state index contributed by atoms with van der Waals surface area (Å²) in [4.78, 5) is 29.0. The van der Waals surface area contributed by atoms with Crippen LogP contribution < -0.4 is 10.6 Å². The minimum absolute atomic E-state index is 0.0277. The van der Waals surface area contributed by atoms with Crippen LogP contribution in [0, 0.1) is 17.1 Å². The van der Waals surface area contributed by atoms with E-state index in [2.05, 4.69) is 15.6 Å². The highest BCUT2D eigenvalue weighted by Crippen LogP contribution is 2.22. The third-order valence-electron chi connectivity index (χ3n) is 4.33. The summed E-state index contributed by atoms with van der Waals surface area (Å²) in [6.45, 7) is 8.77. The number of ether oxygens (including phenoxy) is 1. The van der Waals surface area contributed by atoms with Gasteiger partial charge in [0.25, 0.3) is 0 Å². The van der Waals surface area contributed by atoms with Crippen LogP contribution in [0.15, 0.2) is 53.5 Å². The van der Waals surface area contributed by atoms with Gasteiger partial charge in [0, 0.05) is 28.7 Å². The van der Waals surface area contributed by atoms with Crippen molar-refractivity contribution in [2.75, 3.05) is 10.6 Å². The molecule has 0 saturated heterocycles. The molecule has 1 atom stereocenters. The SMILES string of the molecule is CC(=N)C(CC(=O)OC(C)(C)C)C(C)=Nc1cccc(NC(=O)Nc2ccc(F)cc2)c1. The Morgan fingerprint density at radius 3 is 2.28 bits per heavy atom. The molecule has 2 rings (SSSR count). The summed E-state index contributed by atoms with van der Waals surface area (Å²) in [6, 6.07) is 11.8.